The second-order valence-electron chi connectivity index (χ2n) is 4.56. The molecule has 0 radical (unpaired) electrons. The average molecular weight is 383 g/mol. The van der Waals surface area contributed by atoms with Gasteiger partial charge in [0.1, 0.15) is 5.75 Å². The molecule has 0 saturated carbocycles. The highest BCUT2D eigenvalue weighted by atomic mass is 79.9. The van der Waals surface area contributed by atoms with Crippen molar-refractivity contribution in [3.05, 3.63) is 57.0 Å². The summed E-state index contributed by atoms with van der Waals surface area (Å²) in [5, 5.41) is 9.35. The monoisotopic (exact) mass is 381 g/mol. The van der Waals surface area contributed by atoms with E-state index in [1.807, 2.05) is 19.1 Å². The van der Waals surface area contributed by atoms with Gasteiger partial charge in [-0.25, -0.2) is 4.79 Å². The van der Waals surface area contributed by atoms with E-state index in [2.05, 4.69) is 20.9 Å². The van der Waals surface area contributed by atoms with Crippen molar-refractivity contribution in [1.82, 2.24) is 0 Å². The summed E-state index contributed by atoms with van der Waals surface area (Å²) in [5.41, 5.74) is 2.36. The van der Waals surface area contributed by atoms with Gasteiger partial charge in [-0.05, 0) is 42.8 Å². The Bertz CT molecular complexity index is 731. The summed E-state index contributed by atoms with van der Waals surface area (Å²) in [5.74, 6) is -0.580. The smallest absolute Gasteiger partial charge is 0.341 e. The third-order valence-electron chi connectivity index (χ3n) is 2.83. The Labute approximate surface area is 141 Å². The van der Waals surface area contributed by atoms with Gasteiger partial charge in [0.05, 0.1) is 5.69 Å². The molecule has 114 valence electrons. The first-order valence-electron chi connectivity index (χ1n) is 6.40. The summed E-state index contributed by atoms with van der Waals surface area (Å²) in [6.07, 6.45) is 1.61. The molecular formula is C16H13BrClNO3. The van der Waals surface area contributed by atoms with Gasteiger partial charge >= 0.3 is 5.97 Å². The van der Waals surface area contributed by atoms with Crippen LogP contribution in [0.1, 0.15) is 11.1 Å². The Balaban J connectivity index is 2.26. The molecule has 2 aromatic carbocycles. The first-order chi connectivity index (χ1) is 10.5. The van der Waals surface area contributed by atoms with Crippen molar-refractivity contribution in [3.63, 3.8) is 0 Å². The Morgan fingerprint density at radius 3 is 2.82 bits per heavy atom. The fourth-order valence-electron chi connectivity index (χ4n) is 1.70. The Morgan fingerprint density at radius 2 is 2.14 bits per heavy atom. The van der Waals surface area contributed by atoms with Crippen LogP contribution in [0.3, 0.4) is 0 Å². The molecule has 0 amide bonds. The molecule has 2 aromatic rings. The number of nitrogens with zero attached hydrogens (tertiary/aromatic N) is 1. The number of halogens is 2. The first kappa shape index (κ1) is 16.5. The molecule has 0 aliphatic rings. The zero-order chi connectivity index (χ0) is 16.1. The van der Waals surface area contributed by atoms with E-state index in [-0.39, 0.29) is 0 Å². The van der Waals surface area contributed by atoms with Crippen LogP contribution in [-0.4, -0.2) is 23.9 Å². The van der Waals surface area contributed by atoms with E-state index in [0.29, 0.717) is 22.0 Å². The van der Waals surface area contributed by atoms with Gasteiger partial charge in [0.25, 0.3) is 0 Å². The molecule has 0 bridgehead atoms. The SMILES string of the molecule is Cc1ccc(N=Cc2cc(Br)ccc2OCC(=O)O)cc1Cl. The maximum Gasteiger partial charge on any atom is 0.341 e. The van der Waals surface area contributed by atoms with Crippen molar-refractivity contribution in [3.8, 4) is 5.75 Å². The van der Waals surface area contributed by atoms with Gasteiger partial charge in [-0.2, -0.15) is 0 Å². The summed E-state index contributed by atoms with van der Waals surface area (Å²) in [6.45, 7) is 1.51. The summed E-state index contributed by atoms with van der Waals surface area (Å²) >= 11 is 9.43. The number of hydrogen-bond acceptors (Lipinski definition) is 3. The summed E-state index contributed by atoms with van der Waals surface area (Å²) in [7, 11) is 0. The largest absolute Gasteiger partial charge is 0.481 e. The van der Waals surface area contributed by atoms with E-state index in [4.69, 9.17) is 21.4 Å². The maximum atomic E-state index is 10.6. The highest BCUT2D eigenvalue weighted by Crippen LogP contribution is 2.25. The third-order valence-corrected chi connectivity index (χ3v) is 3.73. The van der Waals surface area contributed by atoms with Crippen LogP contribution < -0.4 is 4.74 Å². The number of aliphatic imine (C=N–C) groups is 1. The van der Waals surface area contributed by atoms with E-state index in [9.17, 15) is 4.79 Å². The lowest BCUT2D eigenvalue weighted by atomic mass is 10.2. The molecule has 2 rings (SSSR count). The van der Waals surface area contributed by atoms with Crippen LogP contribution in [0.2, 0.25) is 5.02 Å². The molecule has 1 N–H and O–H groups in total. The summed E-state index contributed by atoms with van der Waals surface area (Å²) in [6, 6.07) is 10.8. The Hall–Kier alpha value is -1.85. The van der Waals surface area contributed by atoms with Crippen molar-refractivity contribution in [1.29, 1.82) is 0 Å². The van der Waals surface area contributed by atoms with Gasteiger partial charge in [0.2, 0.25) is 0 Å². The molecule has 0 aromatic heterocycles. The number of carbonyl (C=O) groups is 1. The zero-order valence-corrected chi connectivity index (χ0v) is 14.1. The molecule has 0 aliphatic heterocycles. The zero-order valence-electron chi connectivity index (χ0n) is 11.7. The van der Waals surface area contributed by atoms with Crippen LogP contribution in [0.5, 0.6) is 5.75 Å². The second-order valence-corrected chi connectivity index (χ2v) is 5.88. The van der Waals surface area contributed by atoms with E-state index < -0.39 is 12.6 Å². The third kappa shape index (κ3) is 4.58. The van der Waals surface area contributed by atoms with E-state index in [1.54, 1.807) is 30.5 Å². The number of aliphatic carboxylic acids is 1. The molecule has 4 nitrogen and oxygen atoms in total. The topological polar surface area (TPSA) is 58.9 Å². The molecule has 22 heavy (non-hydrogen) atoms. The van der Waals surface area contributed by atoms with Gasteiger partial charge < -0.3 is 9.84 Å². The van der Waals surface area contributed by atoms with Gasteiger partial charge in [0.15, 0.2) is 6.61 Å². The molecule has 0 saturated heterocycles. The Morgan fingerprint density at radius 1 is 1.36 bits per heavy atom. The minimum atomic E-state index is -1.03. The number of rotatable bonds is 5. The van der Waals surface area contributed by atoms with Crippen molar-refractivity contribution in [2.45, 2.75) is 6.92 Å². The number of benzene rings is 2. The molecule has 0 heterocycles. The lowest BCUT2D eigenvalue weighted by molar-refractivity contribution is -0.139. The highest BCUT2D eigenvalue weighted by Gasteiger charge is 2.05. The fourth-order valence-corrected chi connectivity index (χ4v) is 2.25. The molecular weight excluding hydrogens is 370 g/mol. The predicted octanol–water partition coefficient (Wildman–Crippen LogP) is 4.62. The molecule has 0 unspecified atom stereocenters. The predicted molar refractivity (Wildman–Crippen MR) is 90.7 cm³/mol. The normalized spacial score (nSPS) is 10.9. The fraction of sp³-hybridized carbons (Fsp3) is 0.125. The van der Waals surface area contributed by atoms with Crippen LogP contribution in [0.15, 0.2) is 45.9 Å². The summed E-state index contributed by atoms with van der Waals surface area (Å²) < 4.78 is 6.09. The quantitative estimate of drug-likeness (QED) is 0.767. The van der Waals surface area contributed by atoms with Crippen molar-refractivity contribution in [2.24, 2.45) is 4.99 Å². The minimum Gasteiger partial charge on any atom is -0.481 e. The van der Waals surface area contributed by atoms with Crippen LogP contribution >= 0.6 is 27.5 Å². The van der Waals surface area contributed by atoms with Gasteiger partial charge in [-0.1, -0.05) is 33.6 Å². The molecule has 0 fully saturated rings. The molecule has 6 heteroatoms. The van der Waals surface area contributed by atoms with E-state index in [0.717, 1.165) is 10.0 Å². The lowest BCUT2D eigenvalue weighted by Crippen LogP contribution is -2.10. The van der Waals surface area contributed by atoms with Gasteiger partial charge in [0, 0.05) is 21.3 Å². The highest BCUT2D eigenvalue weighted by molar-refractivity contribution is 9.10. The average Bonchev–Trinajstić information content (AvgIpc) is 2.47. The number of carboxylic acid groups (broad SMARTS) is 1. The molecule has 0 atom stereocenters. The van der Waals surface area contributed by atoms with Crippen molar-refractivity contribution >= 4 is 45.4 Å². The Kier molecular flexibility index (Phi) is 5.57. The second kappa shape index (κ2) is 7.42. The minimum absolute atomic E-state index is 0.404. The molecule has 0 aliphatic carbocycles. The first-order valence-corrected chi connectivity index (χ1v) is 7.57. The van der Waals surface area contributed by atoms with Crippen molar-refractivity contribution < 1.29 is 14.6 Å². The number of carboxylic acids is 1. The van der Waals surface area contributed by atoms with E-state index in [1.165, 1.54) is 0 Å². The molecule has 0 spiro atoms. The lowest BCUT2D eigenvalue weighted by Gasteiger charge is -2.07. The van der Waals surface area contributed by atoms with Crippen LogP contribution in [0.25, 0.3) is 0 Å². The van der Waals surface area contributed by atoms with Crippen LogP contribution in [0, 0.1) is 6.92 Å². The van der Waals surface area contributed by atoms with Crippen LogP contribution in [0.4, 0.5) is 5.69 Å². The standard InChI is InChI=1S/C16H13BrClNO3/c1-10-2-4-13(7-14(10)18)19-8-11-6-12(17)3-5-15(11)22-9-16(20)21/h2-8H,9H2,1H3,(H,20,21). The van der Waals surface area contributed by atoms with Gasteiger partial charge in [-0.3, -0.25) is 4.99 Å². The van der Waals surface area contributed by atoms with Crippen LogP contribution in [-0.2, 0) is 4.79 Å². The number of hydrogen-bond donors (Lipinski definition) is 1. The van der Waals surface area contributed by atoms with Gasteiger partial charge in [-0.15, -0.1) is 0 Å². The number of ether oxygens (including phenoxy) is 1. The van der Waals surface area contributed by atoms with Crippen molar-refractivity contribution in [2.75, 3.05) is 6.61 Å². The number of aryl methyl sites for hydroxylation is 1. The summed E-state index contributed by atoms with van der Waals surface area (Å²) in [4.78, 5) is 15.0. The maximum absolute atomic E-state index is 10.6. The van der Waals surface area contributed by atoms with E-state index >= 15 is 0 Å².